The smallest absolute Gasteiger partial charge is 0.237 e. The summed E-state index contributed by atoms with van der Waals surface area (Å²) in [5.41, 5.74) is 2.37. The Bertz CT molecular complexity index is 516. The topological polar surface area (TPSA) is 81.1 Å². The van der Waals surface area contributed by atoms with Crippen molar-refractivity contribution >= 4 is 15.9 Å². The number of rotatable bonds is 3. The van der Waals surface area contributed by atoms with Crippen molar-refractivity contribution < 1.29 is 13.2 Å². The minimum Gasteiger partial charge on any atom is -0.274 e. The van der Waals surface area contributed by atoms with E-state index in [2.05, 4.69) is 5.10 Å². The molecule has 0 unspecified atom stereocenters. The zero-order valence-electron chi connectivity index (χ0n) is 9.73. The third-order valence-corrected chi connectivity index (χ3v) is 2.89. The molecule has 0 radical (unpaired) electrons. The van der Waals surface area contributed by atoms with E-state index in [1.165, 1.54) is 0 Å². The van der Waals surface area contributed by atoms with Crippen LogP contribution >= 0.6 is 0 Å². The molecule has 0 saturated carbocycles. The number of nitrogens with zero attached hydrogens (tertiary/aromatic N) is 2. The summed E-state index contributed by atoms with van der Waals surface area (Å²) in [7, 11) is -1.71. The van der Waals surface area contributed by atoms with Gasteiger partial charge in [0.2, 0.25) is 15.9 Å². The van der Waals surface area contributed by atoms with Crippen LogP contribution in [0.1, 0.15) is 17.0 Å². The van der Waals surface area contributed by atoms with Gasteiger partial charge >= 0.3 is 0 Å². The average Bonchev–Trinajstić information content (AvgIpc) is 2.29. The van der Waals surface area contributed by atoms with Gasteiger partial charge in [-0.05, 0) is 13.8 Å². The molecule has 0 fully saturated rings. The van der Waals surface area contributed by atoms with Gasteiger partial charge in [-0.2, -0.15) is 5.10 Å². The predicted molar refractivity (Wildman–Crippen MR) is 59.4 cm³/mol. The van der Waals surface area contributed by atoms with Gasteiger partial charge in [0.05, 0.1) is 18.4 Å². The Morgan fingerprint density at radius 3 is 2.38 bits per heavy atom. The van der Waals surface area contributed by atoms with E-state index in [4.69, 9.17) is 0 Å². The highest BCUT2D eigenvalue weighted by molar-refractivity contribution is 7.89. The summed E-state index contributed by atoms with van der Waals surface area (Å²) in [5, 5.41) is 4.15. The van der Waals surface area contributed by atoms with Crippen molar-refractivity contribution in [1.82, 2.24) is 14.5 Å². The first-order valence-electron chi connectivity index (χ1n) is 4.70. The van der Waals surface area contributed by atoms with Gasteiger partial charge in [0.1, 0.15) is 0 Å². The van der Waals surface area contributed by atoms with Crippen LogP contribution in [0.25, 0.3) is 0 Å². The van der Waals surface area contributed by atoms with Crippen molar-refractivity contribution in [3.8, 4) is 0 Å². The second-order valence-corrected chi connectivity index (χ2v) is 5.50. The molecule has 1 aromatic heterocycles. The van der Waals surface area contributed by atoms with Crippen molar-refractivity contribution in [3.63, 3.8) is 0 Å². The number of sulfonamides is 1. The molecule has 1 amide bonds. The Labute approximate surface area is 94.7 Å². The van der Waals surface area contributed by atoms with Crippen LogP contribution in [0, 0.1) is 13.8 Å². The van der Waals surface area contributed by atoms with Crippen LogP contribution in [0.15, 0.2) is 0 Å². The van der Waals surface area contributed by atoms with Crippen molar-refractivity contribution in [1.29, 1.82) is 0 Å². The second kappa shape index (κ2) is 4.25. The monoisotopic (exact) mass is 245 g/mol. The van der Waals surface area contributed by atoms with Crippen molar-refractivity contribution in [3.05, 3.63) is 17.0 Å². The molecular weight excluding hydrogens is 230 g/mol. The lowest BCUT2D eigenvalue weighted by atomic mass is 10.1. The maximum Gasteiger partial charge on any atom is 0.237 e. The van der Waals surface area contributed by atoms with Crippen molar-refractivity contribution in [2.45, 2.75) is 20.3 Å². The molecule has 90 valence electrons. The van der Waals surface area contributed by atoms with Gasteiger partial charge in [-0.25, -0.2) is 8.42 Å². The summed E-state index contributed by atoms with van der Waals surface area (Å²) in [6.07, 6.45) is 0.979. The predicted octanol–water partition coefficient (Wildman–Crippen LogP) is -0.345. The molecule has 0 aliphatic rings. The number of aryl methyl sites for hydroxylation is 2. The summed E-state index contributed by atoms with van der Waals surface area (Å²) in [6, 6.07) is 0. The molecule has 16 heavy (non-hydrogen) atoms. The van der Waals surface area contributed by atoms with E-state index < -0.39 is 15.9 Å². The van der Waals surface area contributed by atoms with Gasteiger partial charge in [0.15, 0.2) is 0 Å². The summed E-state index contributed by atoms with van der Waals surface area (Å²) in [6.45, 7) is 3.62. The highest BCUT2D eigenvalue weighted by Gasteiger charge is 2.15. The van der Waals surface area contributed by atoms with E-state index in [9.17, 15) is 13.2 Å². The SMILES string of the molecule is Cc1nn(C)c(C)c1CC(=O)NS(C)(=O)=O. The Balaban J connectivity index is 2.85. The van der Waals surface area contributed by atoms with E-state index in [0.717, 1.165) is 23.2 Å². The molecule has 0 bridgehead atoms. The molecule has 0 saturated heterocycles. The molecular formula is C9H15N3O3S. The lowest BCUT2D eigenvalue weighted by molar-refractivity contribution is -0.118. The maximum absolute atomic E-state index is 11.4. The number of hydrogen-bond donors (Lipinski definition) is 1. The van der Waals surface area contributed by atoms with Crippen LogP contribution in [0.3, 0.4) is 0 Å². The number of carbonyl (C=O) groups is 1. The molecule has 1 aromatic rings. The van der Waals surface area contributed by atoms with E-state index >= 15 is 0 Å². The summed E-state index contributed by atoms with van der Waals surface area (Å²) in [5.74, 6) is -0.540. The molecule has 1 rings (SSSR count). The van der Waals surface area contributed by atoms with Crippen LogP contribution < -0.4 is 4.72 Å². The Kier molecular flexibility index (Phi) is 3.37. The fraction of sp³-hybridized carbons (Fsp3) is 0.556. The Morgan fingerprint density at radius 1 is 1.44 bits per heavy atom. The molecule has 0 atom stereocenters. The van der Waals surface area contributed by atoms with Crippen molar-refractivity contribution in [2.24, 2.45) is 7.05 Å². The molecule has 0 aliphatic heterocycles. The van der Waals surface area contributed by atoms with Gasteiger partial charge in [-0.1, -0.05) is 0 Å². The second-order valence-electron chi connectivity index (χ2n) is 3.75. The maximum atomic E-state index is 11.4. The number of carbonyl (C=O) groups excluding carboxylic acids is 1. The Morgan fingerprint density at radius 2 is 2.00 bits per heavy atom. The number of aromatic nitrogens is 2. The molecule has 1 N–H and O–H groups in total. The van der Waals surface area contributed by atoms with Crippen LogP contribution in [-0.2, 0) is 28.3 Å². The molecule has 0 spiro atoms. The van der Waals surface area contributed by atoms with Crippen LogP contribution in [0.2, 0.25) is 0 Å². The fourth-order valence-electron chi connectivity index (χ4n) is 1.48. The normalized spacial score (nSPS) is 11.5. The standard InChI is InChI=1S/C9H15N3O3S/c1-6-8(7(2)12(3)10-6)5-9(13)11-16(4,14)15/h5H2,1-4H3,(H,11,13). The van der Waals surface area contributed by atoms with Crippen molar-refractivity contribution in [2.75, 3.05) is 6.26 Å². The van der Waals surface area contributed by atoms with Crippen LogP contribution in [-0.4, -0.2) is 30.4 Å². The number of nitrogens with one attached hydrogen (secondary N) is 1. The van der Waals surface area contributed by atoms with E-state index in [0.29, 0.717) is 0 Å². The first-order valence-corrected chi connectivity index (χ1v) is 6.59. The zero-order valence-corrected chi connectivity index (χ0v) is 10.6. The van der Waals surface area contributed by atoms with Gasteiger partial charge < -0.3 is 0 Å². The zero-order chi connectivity index (χ0) is 12.5. The highest BCUT2D eigenvalue weighted by Crippen LogP contribution is 2.12. The van der Waals surface area contributed by atoms with Gasteiger partial charge in [0.25, 0.3) is 0 Å². The van der Waals surface area contributed by atoms with Gasteiger partial charge in [-0.15, -0.1) is 0 Å². The first-order chi connectivity index (χ1) is 7.20. The van der Waals surface area contributed by atoms with E-state index in [-0.39, 0.29) is 6.42 Å². The number of hydrogen-bond acceptors (Lipinski definition) is 4. The summed E-state index contributed by atoms with van der Waals surface area (Å²) >= 11 is 0. The largest absolute Gasteiger partial charge is 0.274 e. The number of amides is 1. The minimum absolute atomic E-state index is 0.0264. The summed E-state index contributed by atoms with van der Waals surface area (Å²) < 4.78 is 25.3. The molecule has 0 aromatic carbocycles. The lowest BCUT2D eigenvalue weighted by Crippen LogP contribution is -2.30. The molecule has 0 aliphatic carbocycles. The third kappa shape index (κ3) is 3.06. The average molecular weight is 245 g/mol. The van der Waals surface area contributed by atoms with E-state index in [1.807, 2.05) is 11.6 Å². The Hall–Kier alpha value is -1.37. The lowest BCUT2D eigenvalue weighted by Gasteiger charge is -2.03. The first kappa shape index (κ1) is 12.7. The fourth-order valence-corrected chi connectivity index (χ4v) is 1.96. The van der Waals surface area contributed by atoms with E-state index in [1.54, 1.807) is 18.7 Å². The quantitative estimate of drug-likeness (QED) is 0.789. The minimum atomic E-state index is -3.49. The highest BCUT2D eigenvalue weighted by atomic mass is 32.2. The van der Waals surface area contributed by atoms with Gasteiger partial charge in [-0.3, -0.25) is 14.2 Å². The molecule has 7 heteroatoms. The van der Waals surface area contributed by atoms with Crippen LogP contribution in [0.5, 0.6) is 0 Å². The molecule has 1 heterocycles. The third-order valence-electron chi connectivity index (χ3n) is 2.30. The summed E-state index contributed by atoms with van der Waals surface area (Å²) in [4.78, 5) is 11.4. The molecule has 6 nitrogen and oxygen atoms in total. The van der Waals surface area contributed by atoms with Gasteiger partial charge in [0, 0.05) is 18.3 Å². The van der Waals surface area contributed by atoms with Crippen LogP contribution in [0.4, 0.5) is 0 Å².